The number of rotatable bonds is 6. The predicted octanol–water partition coefficient (Wildman–Crippen LogP) is 6.96. The highest BCUT2D eigenvalue weighted by atomic mass is 16.5. The summed E-state index contributed by atoms with van der Waals surface area (Å²) in [6.45, 7) is 5.62. The van der Waals surface area contributed by atoms with Crippen molar-refractivity contribution in [2.75, 3.05) is 14.2 Å². The third kappa shape index (κ3) is 3.33. The monoisotopic (exact) mass is 434 g/mol. The highest BCUT2D eigenvalue weighted by Crippen LogP contribution is 2.56. The molecule has 0 fully saturated rings. The van der Waals surface area contributed by atoms with Gasteiger partial charge in [-0.05, 0) is 69.5 Å². The van der Waals surface area contributed by atoms with Crippen molar-refractivity contribution in [3.63, 3.8) is 0 Å². The number of ether oxygens (including phenoxy) is 2. The molecular weight excluding hydrogens is 404 g/mol. The van der Waals surface area contributed by atoms with Gasteiger partial charge < -0.3 is 9.47 Å². The molecule has 0 bridgehead atoms. The first-order valence-electron chi connectivity index (χ1n) is 11.5. The Hall–Kier alpha value is -3.20. The van der Waals surface area contributed by atoms with Crippen LogP contribution < -0.4 is 0 Å². The third-order valence-corrected chi connectivity index (χ3v) is 7.10. The number of hydrogen-bond donors (Lipinski definition) is 0. The van der Waals surface area contributed by atoms with Crippen LogP contribution in [-0.4, -0.2) is 14.2 Å². The maximum atomic E-state index is 5.44. The molecule has 5 rings (SSSR count). The number of fused-ring (bicyclic) bond motifs is 3. The van der Waals surface area contributed by atoms with Gasteiger partial charge in [-0.25, -0.2) is 0 Å². The van der Waals surface area contributed by atoms with E-state index < -0.39 is 0 Å². The van der Waals surface area contributed by atoms with E-state index in [4.69, 9.17) is 9.47 Å². The summed E-state index contributed by atoms with van der Waals surface area (Å²) in [5, 5.41) is 0. The van der Waals surface area contributed by atoms with Gasteiger partial charge >= 0.3 is 0 Å². The first-order chi connectivity index (χ1) is 16.1. The van der Waals surface area contributed by atoms with Crippen molar-refractivity contribution in [2.24, 2.45) is 0 Å². The fourth-order valence-corrected chi connectivity index (χ4v) is 5.52. The molecule has 1 aliphatic rings. The van der Waals surface area contributed by atoms with E-state index in [1.807, 2.05) is 0 Å². The third-order valence-electron chi connectivity index (χ3n) is 7.10. The minimum atomic E-state index is -0.375. The summed E-state index contributed by atoms with van der Waals surface area (Å²) in [5.74, 6) is 0. The zero-order valence-corrected chi connectivity index (χ0v) is 19.8. The number of hydrogen-bond acceptors (Lipinski definition) is 2. The van der Waals surface area contributed by atoms with Gasteiger partial charge in [0.15, 0.2) is 0 Å². The van der Waals surface area contributed by atoms with Crippen molar-refractivity contribution in [2.45, 2.75) is 32.5 Å². The Morgan fingerprint density at radius 2 is 1.00 bits per heavy atom. The lowest BCUT2D eigenvalue weighted by molar-refractivity contribution is 0.184. The molecule has 0 heterocycles. The quantitative estimate of drug-likeness (QED) is 0.288. The Balaban J connectivity index is 1.85. The first-order valence-corrected chi connectivity index (χ1v) is 11.5. The highest BCUT2D eigenvalue weighted by Gasteiger charge is 2.46. The fraction of sp³-hybridized carbons (Fsp3) is 0.226. The second-order valence-corrected chi connectivity index (χ2v) is 8.99. The summed E-state index contributed by atoms with van der Waals surface area (Å²) in [5.41, 5.74) is 12.5. The normalized spacial score (nSPS) is 13.6. The van der Waals surface area contributed by atoms with Crippen LogP contribution in [0, 0.1) is 13.8 Å². The average Bonchev–Trinajstić information content (AvgIpc) is 3.13. The molecule has 0 aliphatic heterocycles. The molecule has 0 aromatic heterocycles. The topological polar surface area (TPSA) is 18.5 Å². The van der Waals surface area contributed by atoms with Gasteiger partial charge in [-0.1, -0.05) is 84.9 Å². The molecule has 0 amide bonds. The Morgan fingerprint density at radius 3 is 1.39 bits per heavy atom. The van der Waals surface area contributed by atoms with E-state index in [9.17, 15) is 0 Å². The molecule has 4 aromatic rings. The summed E-state index contributed by atoms with van der Waals surface area (Å²) in [6, 6.07) is 31.5. The molecule has 0 spiro atoms. The molecule has 0 unspecified atom stereocenters. The van der Waals surface area contributed by atoms with E-state index in [1.54, 1.807) is 14.2 Å². The minimum Gasteiger partial charge on any atom is -0.380 e. The second-order valence-electron chi connectivity index (χ2n) is 8.99. The molecule has 0 radical (unpaired) electrons. The summed E-state index contributed by atoms with van der Waals surface area (Å²) in [7, 11) is 3.51. The van der Waals surface area contributed by atoms with Crippen molar-refractivity contribution < 1.29 is 9.47 Å². The van der Waals surface area contributed by atoms with Gasteiger partial charge in [0.2, 0.25) is 0 Å². The maximum absolute atomic E-state index is 5.44. The Labute approximate surface area is 196 Å². The van der Waals surface area contributed by atoms with E-state index in [1.165, 1.54) is 55.6 Å². The lowest BCUT2D eigenvalue weighted by atomic mass is 9.67. The van der Waals surface area contributed by atoms with Crippen molar-refractivity contribution in [1.29, 1.82) is 0 Å². The zero-order valence-electron chi connectivity index (χ0n) is 19.8. The van der Waals surface area contributed by atoms with Crippen molar-refractivity contribution >= 4 is 0 Å². The largest absolute Gasteiger partial charge is 0.380 e. The summed E-state index contributed by atoms with van der Waals surface area (Å²) in [4.78, 5) is 0. The zero-order chi connectivity index (χ0) is 23.0. The van der Waals surface area contributed by atoms with Crippen molar-refractivity contribution in [3.05, 3.63) is 129 Å². The van der Waals surface area contributed by atoms with E-state index in [0.29, 0.717) is 13.2 Å². The molecule has 0 saturated heterocycles. The minimum absolute atomic E-state index is 0.375. The maximum Gasteiger partial charge on any atom is 0.0715 e. The van der Waals surface area contributed by atoms with Gasteiger partial charge in [-0.3, -0.25) is 0 Å². The van der Waals surface area contributed by atoms with Gasteiger partial charge in [0.25, 0.3) is 0 Å². The predicted molar refractivity (Wildman–Crippen MR) is 135 cm³/mol. The van der Waals surface area contributed by atoms with Crippen LogP contribution in [0.3, 0.4) is 0 Å². The second kappa shape index (κ2) is 8.62. The van der Waals surface area contributed by atoms with E-state index in [2.05, 4.69) is 98.8 Å². The molecule has 166 valence electrons. The highest BCUT2D eigenvalue weighted by molar-refractivity contribution is 5.86. The summed E-state index contributed by atoms with van der Waals surface area (Å²) < 4.78 is 10.9. The molecule has 4 aromatic carbocycles. The smallest absolute Gasteiger partial charge is 0.0715 e. The Kier molecular flexibility index (Phi) is 5.65. The molecular formula is C31H30O2. The SMILES string of the molecule is COCc1ccc(C2(c3ccc(COC)c(C)c3)c3ccccc3-c3ccccc32)cc1C. The first kappa shape index (κ1) is 21.6. The molecule has 1 aliphatic carbocycles. The van der Waals surface area contributed by atoms with Crippen molar-refractivity contribution in [1.82, 2.24) is 0 Å². The number of aryl methyl sites for hydroxylation is 2. The van der Waals surface area contributed by atoms with Crippen LogP contribution in [0.2, 0.25) is 0 Å². The van der Waals surface area contributed by atoms with Gasteiger partial charge in [-0.15, -0.1) is 0 Å². The summed E-state index contributed by atoms with van der Waals surface area (Å²) in [6.07, 6.45) is 0. The van der Waals surface area contributed by atoms with Crippen LogP contribution in [0.4, 0.5) is 0 Å². The van der Waals surface area contributed by atoms with E-state index >= 15 is 0 Å². The molecule has 0 saturated carbocycles. The number of benzene rings is 4. The molecule has 0 atom stereocenters. The molecule has 0 N–H and O–H groups in total. The van der Waals surface area contributed by atoms with Gasteiger partial charge in [0, 0.05) is 14.2 Å². The van der Waals surface area contributed by atoms with E-state index in [-0.39, 0.29) is 5.41 Å². The van der Waals surface area contributed by atoms with Crippen LogP contribution in [0.25, 0.3) is 11.1 Å². The lowest BCUT2D eigenvalue weighted by Crippen LogP contribution is -2.29. The number of methoxy groups -OCH3 is 2. The van der Waals surface area contributed by atoms with Crippen LogP contribution in [-0.2, 0) is 28.1 Å². The van der Waals surface area contributed by atoms with E-state index in [0.717, 1.165) is 0 Å². The van der Waals surface area contributed by atoms with Crippen LogP contribution in [0.5, 0.6) is 0 Å². The van der Waals surface area contributed by atoms with Crippen LogP contribution in [0.15, 0.2) is 84.9 Å². The van der Waals surface area contributed by atoms with Crippen LogP contribution in [0.1, 0.15) is 44.5 Å². The Morgan fingerprint density at radius 1 is 0.576 bits per heavy atom. The average molecular weight is 435 g/mol. The van der Waals surface area contributed by atoms with Gasteiger partial charge in [0.1, 0.15) is 0 Å². The summed E-state index contributed by atoms with van der Waals surface area (Å²) >= 11 is 0. The molecule has 33 heavy (non-hydrogen) atoms. The molecule has 2 nitrogen and oxygen atoms in total. The van der Waals surface area contributed by atoms with Gasteiger partial charge in [0.05, 0.1) is 18.6 Å². The van der Waals surface area contributed by atoms with Crippen molar-refractivity contribution in [3.8, 4) is 11.1 Å². The molecule has 2 heteroatoms. The van der Waals surface area contributed by atoms with Gasteiger partial charge in [-0.2, -0.15) is 0 Å². The lowest BCUT2D eigenvalue weighted by Gasteiger charge is -2.35. The Bertz CT molecular complexity index is 1220. The standard InChI is InChI=1S/C31H30O2/c1-21-17-25(15-13-23(21)19-32-3)31(26-16-14-24(20-33-4)22(2)18-26)29-11-7-5-9-27(29)28-10-6-8-12-30(28)31/h5-18H,19-20H2,1-4H3. The van der Waals surface area contributed by atoms with Crippen LogP contribution >= 0.6 is 0 Å². The fourth-order valence-electron chi connectivity index (χ4n) is 5.52.